The van der Waals surface area contributed by atoms with Gasteiger partial charge in [-0.3, -0.25) is 0 Å². The van der Waals surface area contributed by atoms with Crippen molar-refractivity contribution in [2.75, 3.05) is 20.3 Å². The summed E-state index contributed by atoms with van der Waals surface area (Å²) >= 11 is 0. The number of hydrogen-bond acceptors (Lipinski definition) is 4. The first kappa shape index (κ1) is 12.7. The maximum atomic E-state index is 10.9. The average Bonchev–Trinajstić information content (AvgIpc) is 2.39. The largest absolute Gasteiger partial charge is 0.493 e. The zero-order valence-electron chi connectivity index (χ0n) is 10.2. The van der Waals surface area contributed by atoms with E-state index in [1.165, 1.54) is 19.2 Å². The molecule has 98 valence electrons. The molecule has 1 aromatic carbocycles. The Hall–Kier alpha value is -1.75. The molecule has 0 aliphatic carbocycles. The van der Waals surface area contributed by atoms with Gasteiger partial charge in [-0.05, 0) is 18.2 Å². The number of ether oxygens (including phenoxy) is 3. The second-order valence-corrected chi connectivity index (χ2v) is 4.10. The number of carboxylic acid groups (broad SMARTS) is 1. The van der Waals surface area contributed by atoms with Crippen LogP contribution in [0.1, 0.15) is 23.2 Å². The van der Waals surface area contributed by atoms with Crippen LogP contribution in [-0.2, 0) is 4.74 Å². The Morgan fingerprint density at radius 3 is 2.67 bits per heavy atom. The third-order valence-corrected chi connectivity index (χ3v) is 2.87. The minimum atomic E-state index is -0.977. The Kier molecular flexibility index (Phi) is 4.04. The molecule has 2 rings (SSSR count). The summed E-state index contributed by atoms with van der Waals surface area (Å²) in [5.74, 6) is 0.0465. The fourth-order valence-electron chi connectivity index (χ4n) is 1.88. The number of carboxylic acids is 1. The molecule has 1 aliphatic rings. The maximum absolute atomic E-state index is 10.9. The summed E-state index contributed by atoms with van der Waals surface area (Å²) < 4.78 is 16.2. The van der Waals surface area contributed by atoms with Crippen LogP contribution in [0.3, 0.4) is 0 Å². The quantitative estimate of drug-likeness (QED) is 0.887. The highest BCUT2D eigenvalue weighted by atomic mass is 16.5. The van der Waals surface area contributed by atoms with Crippen LogP contribution < -0.4 is 9.47 Å². The normalized spacial score (nSPS) is 16.3. The van der Waals surface area contributed by atoms with Gasteiger partial charge in [-0.1, -0.05) is 0 Å². The lowest BCUT2D eigenvalue weighted by Crippen LogP contribution is -2.26. The highest BCUT2D eigenvalue weighted by Crippen LogP contribution is 2.30. The first-order valence-electron chi connectivity index (χ1n) is 5.86. The van der Waals surface area contributed by atoms with Gasteiger partial charge in [0.1, 0.15) is 6.10 Å². The molecule has 0 saturated carbocycles. The van der Waals surface area contributed by atoms with Crippen LogP contribution in [0.25, 0.3) is 0 Å². The molecule has 5 nitrogen and oxygen atoms in total. The minimum absolute atomic E-state index is 0.0525. The van der Waals surface area contributed by atoms with Gasteiger partial charge in [0.2, 0.25) is 0 Å². The van der Waals surface area contributed by atoms with Gasteiger partial charge in [0.15, 0.2) is 11.5 Å². The molecule has 0 spiro atoms. The van der Waals surface area contributed by atoms with Gasteiger partial charge < -0.3 is 19.3 Å². The first-order valence-corrected chi connectivity index (χ1v) is 5.86. The summed E-state index contributed by atoms with van der Waals surface area (Å²) in [5, 5.41) is 8.96. The van der Waals surface area contributed by atoms with E-state index in [4.69, 9.17) is 19.3 Å². The second-order valence-electron chi connectivity index (χ2n) is 4.10. The molecule has 0 unspecified atom stereocenters. The predicted octanol–water partition coefficient (Wildman–Crippen LogP) is 1.95. The van der Waals surface area contributed by atoms with E-state index < -0.39 is 5.97 Å². The summed E-state index contributed by atoms with van der Waals surface area (Å²) in [6.07, 6.45) is 1.66. The van der Waals surface area contributed by atoms with Crippen LogP contribution >= 0.6 is 0 Å². The number of hydrogen-bond donors (Lipinski definition) is 1. The molecule has 1 saturated heterocycles. The summed E-state index contributed by atoms with van der Waals surface area (Å²) in [6, 6.07) is 4.60. The van der Waals surface area contributed by atoms with Crippen molar-refractivity contribution in [1.82, 2.24) is 0 Å². The van der Waals surface area contributed by atoms with Crippen LogP contribution in [0.15, 0.2) is 18.2 Å². The molecule has 0 amide bonds. The topological polar surface area (TPSA) is 65.0 Å². The van der Waals surface area contributed by atoms with Crippen LogP contribution in [0.2, 0.25) is 0 Å². The van der Waals surface area contributed by atoms with Crippen molar-refractivity contribution >= 4 is 5.97 Å². The smallest absolute Gasteiger partial charge is 0.335 e. The maximum Gasteiger partial charge on any atom is 0.335 e. The average molecular weight is 252 g/mol. The molecule has 1 fully saturated rings. The number of rotatable bonds is 4. The summed E-state index contributed by atoms with van der Waals surface area (Å²) in [4.78, 5) is 10.9. The molecule has 1 aromatic rings. The Morgan fingerprint density at radius 2 is 2.06 bits per heavy atom. The Morgan fingerprint density at radius 1 is 1.33 bits per heavy atom. The summed E-state index contributed by atoms with van der Waals surface area (Å²) in [7, 11) is 1.53. The van der Waals surface area contributed by atoms with E-state index in [9.17, 15) is 4.79 Å². The highest BCUT2D eigenvalue weighted by molar-refractivity contribution is 5.88. The number of benzene rings is 1. The van der Waals surface area contributed by atoms with Crippen LogP contribution in [0, 0.1) is 0 Å². The van der Waals surface area contributed by atoms with Crippen molar-refractivity contribution in [1.29, 1.82) is 0 Å². The number of carbonyl (C=O) groups is 1. The van der Waals surface area contributed by atoms with Gasteiger partial charge in [-0.15, -0.1) is 0 Å². The highest BCUT2D eigenvalue weighted by Gasteiger charge is 2.18. The predicted molar refractivity (Wildman–Crippen MR) is 64.4 cm³/mol. The van der Waals surface area contributed by atoms with E-state index in [0.717, 1.165) is 12.8 Å². The fourth-order valence-corrected chi connectivity index (χ4v) is 1.88. The molecule has 1 aliphatic heterocycles. The Balaban J connectivity index is 2.17. The number of aromatic carboxylic acids is 1. The van der Waals surface area contributed by atoms with E-state index in [0.29, 0.717) is 24.7 Å². The van der Waals surface area contributed by atoms with Gasteiger partial charge in [0.05, 0.1) is 25.9 Å². The molecule has 18 heavy (non-hydrogen) atoms. The van der Waals surface area contributed by atoms with Crippen molar-refractivity contribution in [3.8, 4) is 11.5 Å². The molecule has 0 bridgehead atoms. The summed E-state index contributed by atoms with van der Waals surface area (Å²) in [6.45, 7) is 1.34. The zero-order valence-corrected chi connectivity index (χ0v) is 10.2. The molecule has 0 atom stereocenters. The van der Waals surface area contributed by atoms with Gasteiger partial charge >= 0.3 is 5.97 Å². The molecular formula is C13H16O5. The Bertz CT molecular complexity index is 423. The van der Waals surface area contributed by atoms with E-state index >= 15 is 0 Å². The van der Waals surface area contributed by atoms with E-state index in [2.05, 4.69) is 0 Å². The lowest BCUT2D eigenvalue weighted by molar-refractivity contribution is 0.0244. The SMILES string of the molecule is COc1ccc(C(=O)O)cc1OC1CCOCC1. The van der Waals surface area contributed by atoms with Gasteiger partial charge in [0.25, 0.3) is 0 Å². The van der Waals surface area contributed by atoms with Crippen LogP contribution in [-0.4, -0.2) is 37.5 Å². The molecular weight excluding hydrogens is 236 g/mol. The second kappa shape index (κ2) is 5.73. The fraction of sp³-hybridized carbons (Fsp3) is 0.462. The molecule has 1 N–H and O–H groups in total. The lowest BCUT2D eigenvalue weighted by atomic mass is 10.1. The van der Waals surface area contributed by atoms with E-state index in [1.54, 1.807) is 6.07 Å². The molecule has 1 heterocycles. The molecule has 5 heteroatoms. The van der Waals surface area contributed by atoms with Crippen molar-refractivity contribution in [3.05, 3.63) is 23.8 Å². The zero-order chi connectivity index (χ0) is 13.0. The first-order chi connectivity index (χ1) is 8.70. The minimum Gasteiger partial charge on any atom is -0.493 e. The van der Waals surface area contributed by atoms with E-state index in [-0.39, 0.29) is 11.7 Å². The van der Waals surface area contributed by atoms with Crippen molar-refractivity contribution in [2.45, 2.75) is 18.9 Å². The van der Waals surface area contributed by atoms with Crippen molar-refractivity contribution in [3.63, 3.8) is 0 Å². The van der Waals surface area contributed by atoms with Crippen LogP contribution in [0.5, 0.6) is 11.5 Å². The third-order valence-electron chi connectivity index (χ3n) is 2.87. The molecule has 0 radical (unpaired) electrons. The Labute approximate surface area is 105 Å². The lowest BCUT2D eigenvalue weighted by Gasteiger charge is -2.24. The third kappa shape index (κ3) is 2.92. The standard InChI is InChI=1S/C13H16O5/c1-16-11-3-2-9(13(14)15)8-12(11)18-10-4-6-17-7-5-10/h2-3,8,10H,4-7H2,1H3,(H,14,15). The van der Waals surface area contributed by atoms with Crippen molar-refractivity contribution in [2.24, 2.45) is 0 Å². The van der Waals surface area contributed by atoms with Crippen LogP contribution in [0.4, 0.5) is 0 Å². The van der Waals surface area contributed by atoms with Gasteiger partial charge in [-0.25, -0.2) is 4.79 Å². The number of methoxy groups -OCH3 is 1. The molecule has 0 aromatic heterocycles. The van der Waals surface area contributed by atoms with E-state index in [1.807, 2.05) is 0 Å². The summed E-state index contributed by atoms with van der Waals surface area (Å²) in [5.41, 5.74) is 0.192. The monoisotopic (exact) mass is 252 g/mol. The van der Waals surface area contributed by atoms with Gasteiger partial charge in [-0.2, -0.15) is 0 Å². The van der Waals surface area contributed by atoms with Gasteiger partial charge in [0, 0.05) is 12.8 Å². The van der Waals surface area contributed by atoms with Crippen molar-refractivity contribution < 1.29 is 24.1 Å².